The Morgan fingerprint density at radius 1 is 0.952 bits per heavy atom. The Bertz CT molecular complexity index is 759. The number of anilines is 3. The lowest BCUT2D eigenvalue weighted by Crippen LogP contribution is -2.01. The van der Waals surface area contributed by atoms with Gasteiger partial charge < -0.3 is 11.1 Å². The van der Waals surface area contributed by atoms with Crippen LogP contribution in [0.4, 0.5) is 17.5 Å². The summed E-state index contributed by atoms with van der Waals surface area (Å²) in [5.41, 5.74) is 8.69. The van der Waals surface area contributed by atoms with Crippen LogP contribution in [0, 0.1) is 0 Å². The third kappa shape index (κ3) is 2.95. The molecule has 0 aliphatic heterocycles. The summed E-state index contributed by atoms with van der Waals surface area (Å²) in [7, 11) is 0. The van der Waals surface area contributed by atoms with Crippen molar-refractivity contribution in [3.05, 3.63) is 65.8 Å². The number of benzene rings is 2. The molecule has 104 valence electrons. The fourth-order valence-corrected chi connectivity index (χ4v) is 2.20. The van der Waals surface area contributed by atoms with Gasteiger partial charge in [0.25, 0.3) is 0 Å². The largest absolute Gasteiger partial charge is 0.368 e. The molecule has 21 heavy (non-hydrogen) atoms. The maximum atomic E-state index is 6.10. The van der Waals surface area contributed by atoms with Crippen molar-refractivity contribution in [3.8, 4) is 11.1 Å². The normalized spacial score (nSPS) is 10.3. The second-order valence-electron chi connectivity index (χ2n) is 4.46. The third-order valence-corrected chi connectivity index (χ3v) is 3.30. The zero-order valence-corrected chi connectivity index (χ0v) is 11.9. The number of nitrogens with zero attached hydrogens (tertiary/aromatic N) is 2. The highest BCUT2D eigenvalue weighted by Crippen LogP contribution is 2.31. The molecule has 0 unspecified atom stereocenters. The second-order valence-corrected chi connectivity index (χ2v) is 4.87. The summed E-state index contributed by atoms with van der Waals surface area (Å²) in [5.74, 6) is 0.673. The summed E-state index contributed by atoms with van der Waals surface area (Å²) in [6.45, 7) is 0. The first-order chi connectivity index (χ1) is 10.2. The van der Waals surface area contributed by atoms with Gasteiger partial charge in [-0.05, 0) is 11.6 Å². The van der Waals surface area contributed by atoms with Crippen molar-refractivity contribution in [3.63, 3.8) is 0 Å². The lowest BCUT2D eigenvalue weighted by molar-refractivity contribution is 1.18. The minimum absolute atomic E-state index is 0.180. The number of nitrogens with two attached hydrogens (primary N) is 1. The first kappa shape index (κ1) is 13.4. The van der Waals surface area contributed by atoms with Gasteiger partial charge in [-0.1, -0.05) is 60.1 Å². The first-order valence-corrected chi connectivity index (χ1v) is 6.81. The van der Waals surface area contributed by atoms with E-state index in [0.717, 1.165) is 16.8 Å². The second kappa shape index (κ2) is 5.81. The molecule has 0 bridgehead atoms. The molecule has 3 N–H and O–H groups in total. The summed E-state index contributed by atoms with van der Waals surface area (Å²) in [6, 6.07) is 18.0. The van der Waals surface area contributed by atoms with Gasteiger partial charge in [-0.3, -0.25) is 0 Å². The predicted octanol–water partition coefficient (Wildman–Crippen LogP) is 4.12. The van der Waals surface area contributed by atoms with Crippen LogP contribution in [0.2, 0.25) is 5.02 Å². The number of hydrogen-bond donors (Lipinski definition) is 2. The van der Waals surface area contributed by atoms with E-state index in [9.17, 15) is 0 Å². The van der Waals surface area contributed by atoms with E-state index >= 15 is 0 Å². The summed E-state index contributed by atoms with van der Waals surface area (Å²) >= 11 is 6.10. The molecular formula is C16H13ClN4. The van der Waals surface area contributed by atoms with Gasteiger partial charge in [-0.15, -0.1) is 0 Å². The van der Waals surface area contributed by atoms with E-state index in [-0.39, 0.29) is 5.95 Å². The Morgan fingerprint density at radius 3 is 2.48 bits per heavy atom. The average Bonchev–Trinajstić information content (AvgIpc) is 2.52. The molecule has 0 spiro atoms. The van der Waals surface area contributed by atoms with Gasteiger partial charge in [0.1, 0.15) is 5.02 Å². The summed E-state index contributed by atoms with van der Waals surface area (Å²) in [5, 5.41) is 3.64. The van der Waals surface area contributed by atoms with Crippen molar-refractivity contribution in [1.82, 2.24) is 9.97 Å². The van der Waals surface area contributed by atoms with Crippen LogP contribution in [0.1, 0.15) is 0 Å². The zero-order valence-electron chi connectivity index (χ0n) is 11.1. The Morgan fingerprint density at radius 2 is 1.67 bits per heavy atom. The fraction of sp³-hybridized carbons (Fsp3) is 0. The van der Waals surface area contributed by atoms with Crippen molar-refractivity contribution in [2.75, 3.05) is 11.1 Å². The number of halogens is 1. The van der Waals surface area contributed by atoms with Gasteiger partial charge in [0.15, 0.2) is 5.82 Å². The Labute approximate surface area is 127 Å². The molecule has 0 fully saturated rings. The van der Waals surface area contributed by atoms with Crippen LogP contribution in [-0.2, 0) is 0 Å². The topological polar surface area (TPSA) is 63.8 Å². The van der Waals surface area contributed by atoms with Crippen LogP contribution >= 0.6 is 11.6 Å². The van der Waals surface area contributed by atoms with E-state index in [1.165, 1.54) is 6.20 Å². The van der Waals surface area contributed by atoms with Gasteiger partial charge in [0.05, 0.1) is 6.20 Å². The summed E-state index contributed by atoms with van der Waals surface area (Å²) in [6.07, 6.45) is 1.48. The molecule has 0 aliphatic rings. The SMILES string of the molecule is Nc1ncc(Cl)c(Nc2ccccc2-c2ccccc2)n1. The third-order valence-electron chi connectivity index (χ3n) is 3.03. The minimum atomic E-state index is 0.180. The van der Waals surface area contributed by atoms with Gasteiger partial charge in [0, 0.05) is 11.3 Å². The van der Waals surface area contributed by atoms with Gasteiger partial charge in [0.2, 0.25) is 5.95 Å². The highest BCUT2D eigenvalue weighted by atomic mass is 35.5. The van der Waals surface area contributed by atoms with E-state index < -0.39 is 0 Å². The fourth-order valence-electron chi connectivity index (χ4n) is 2.06. The first-order valence-electron chi connectivity index (χ1n) is 6.43. The van der Waals surface area contributed by atoms with E-state index in [0.29, 0.717) is 10.8 Å². The lowest BCUT2D eigenvalue weighted by Gasteiger charge is -2.12. The van der Waals surface area contributed by atoms with Crippen LogP contribution in [-0.4, -0.2) is 9.97 Å². The van der Waals surface area contributed by atoms with E-state index in [4.69, 9.17) is 17.3 Å². The molecule has 5 heteroatoms. The van der Waals surface area contributed by atoms with Crippen LogP contribution in [0.5, 0.6) is 0 Å². The van der Waals surface area contributed by atoms with E-state index in [2.05, 4.69) is 27.4 Å². The van der Waals surface area contributed by atoms with Crippen molar-refractivity contribution < 1.29 is 0 Å². The lowest BCUT2D eigenvalue weighted by atomic mass is 10.0. The Kier molecular flexibility index (Phi) is 3.71. The highest BCUT2D eigenvalue weighted by Gasteiger charge is 2.08. The van der Waals surface area contributed by atoms with Gasteiger partial charge in [-0.25, -0.2) is 4.98 Å². The van der Waals surface area contributed by atoms with Crippen LogP contribution in [0.15, 0.2) is 60.8 Å². The molecule has 1 aromatic heterocycles. The van der Waals surface area contributed by atoms with E-state index in [1.807, 2.05) is 42.5 Å². The van der Waals surface area contributed by atoms with Crippen LogP contribution < -0.4 is 11.1 Å². The summed E-state index contributed by atoms with van der Waals surface area (Å²) in [4.78, 5) is 7.98. The maximum absolute atomic E-state index is 6.10. The summed E-state index contributed by atoms with van der Waals surface area (Å²) < 4.78 is 0. The van der Waals surface area contributed by atoms with Crippen LogP contribution in [0.25, 0.3) is 11.1 Å². The standard InChI is InChI=1S/C16H13ClN4/c17-13-10-19-16(18)21-15(13)20-14-9-5-4-8-12(14)11-6-2-1-3-7-11/h1-10H,(H3,18,19,20,21). The molecule has 0 atom stereocenters. The number of hydrogen-bond acceptors (Lipinski definition) is 4. The van der Waals surface area contributed by atoms with E-state index in [1.54, 1.807) is 0 Å². The smallest absolute Gasteiger partial charge is 0.222 e. The number of para-hydroxylation sites is 1. The monoisotopic (exact) mass is 296 g/mol. The molecule has 4 nitrogen and oxygen atoms in total. The molecule has 1 heterocycles. The molecule has 0 saturated heterocycles. The molecule has 0 radical (unpaired) electrons. The molecule has 3 rings (SSSR count). The molecule has 0 saturated carbocycles. The quantitative estimate of drug-likeness (QED) is 0.763. The zero-order chi connectivity index (χ0) is 14.7. The van der Waals surface area contributed by atoms with Gasteiger partial charge >= 0.3 is 0 Å². The Hall–Kier alpha value is -2.59. The molecule has 0 amide bonds. The minimum Gasteiger partial charge on any atom is -0.368 e. The van der Waals surface area contributed by atoms with Crippen LogP contribution in [0.3, 0.4) is 0 Å². The number of nitrogens with one attached hydrogen (secondary N) is 1. The Balaban J connectivity index is 2.02. The molecule has 3 aromatic rings. The molecule has 0 aliphatic carbocycles. The number of rotatable bonds is 3. The average molecular weight is 297 g/mol. The number of nitrogen functional groups attached to an aromatic ring is 1. The molecular weight excluding hydrogens is 284 g/mol. The highest BCUT2D eigenvalue weighted by molar-refractivity contribution is 6.33. The van der Waals surface area contributed by atoms with Crippen molar-refractivity contribution in [1.29, 1.82) is 0 Å². The number of aromatic nitrogens is 2. The van der Waals surface area contributed by atoms with Crippen molar-refractivity contribution in [2.45, 2.75) is 0 Å². The van der Waals surface area contributed by atoms with Crippen molar-refractivity contribution in [2.24, 2.45) is 0 Å². The maximum Gasteiger partial charge on any atom is 0.222 e. The van der Waals surface area contributed by atoms with Gasteiger partial charge in [-0.2, -0.15) is 4.98 Å². The molecule has 2 aromatic carbocycles. The predicted molar refractivity (Wildman–Crippen MR) is 86.6 cm³/mol. The van der Waals surface area contributed by atoms with Crippen molar-refractivity contribution >= 4 is 29.1 Å².